The fourth-order valence-electron chi connectivity index (χ4n) is 4.21. The van der Waals surface area contributed by atoms with E-state index >= 15 is 0 Å². The summed E-state index contributed by atoms with van der Waals surface area (Å²) in [7, 11) is 1.58. The highest BCUT2D eigenvalue weighted by Crippen LogP contribution is 2.50. The summed E-state index contributed by atoms with van der Waals surface area (Å²) in [4.78, 5) is 0. The highest BCUT2D eigenvalue weighted by Gasteiger charge is 2.68. The second-order valence-electron chi connectivity index (χ2n) is 7.59. The van der Waals surface area contributed by atoms with Crippen molar-refractivity contribution < 1.29 is 33.5 Å². The van der Waals surface area contributed by atoms with Crippen LogP contribution in [-0.4, -0.2) is 67.7 Å². The van der Waals surface area contributed by atoms with Gasteiger partial charge >= 0.3 is 0 Å². The zero-order chi connectivity index (χ0) is 18.1. The Morgan fingerprint density at radius 2 is 1.92 bits per heavy atom. The smallest absolute Gasteiger partial charge is 0.190 e. The van der Waals surface area contributed by atoms with Crippen molar-refractivity contribution in [1.29, 1.82) is 0 Å². The SMILES string of the molecule is CCCCO[C@@H]1[C@H]2OC(C)(C)O[C@H]2OC12[C@H](O)CCC[C@@H]2OCOC. The predicted molar refractivity (Wildman–Crippen MR) is 88.9 cm³/mol. The van der Waals surface area contributed by atoms with Gasteiger partial charge in [0.1, 0.15) is 19.0 Å². The minimum Gasteiger partial charge on any atom is -0.390 e. The molecule has 7 nitrogen and oxygen atoms in total. The Balaban J connectivity index is 1.87. The van der Waals surface area contributed by atoms with Crippen LogP contribution in [0.5, 0.6) is 0 Å². The van der Waals surface area contributed by atoms with E-state index in [2.05, 4.69) is 6.92 Å². The van der Waals surface area contributed by atoms with Gasteiger partial charge in [0.25, 0.3) is 0 Å². The number of hydrogen-bond donors (Lipinski definition) is 1. The number of ether oxygens (including phenoxy) is 6. The Morgan fingerprint density at radius 1 is 1.12 bits per heavy atom. The second-order valence-corrected chi connectivity index (χ2v) is 7.59. The Bertz CT molecular complexity index is 443. The van der Waals surface area contributed by atoms with Crippen molar-refractivity contribution in [3.63, 3.8) is 0 Å². The van der Waals surface area contributed by atoms with Crippen LogP contribution in [0.2, 0.25) is 0 Å². The number of hydrogen-bond acceptors (Lipinski definition) is 7. The van der Waals surface area contributed by atoms with Crippen LogP contribution in [0.15, 0.2) is 0 Å². The third-order valence-electron chi connectivity index (χ3n) is 5.30. The van der Waals surface area contributed by atoms with Crippen molar-refractivity contribution in [2.75, 3.05) is 20.5 Å². The maximum Gasteiger partial charge on any atom is 0.190 e. The first-order chi connectivity index (χ1) is 11.9. The monoisotopic (exact) mass is 360 g/mol. The summed E-state index contributed by atoms with van der Waals surface area (Å²) in [5, 5.41) is 10.9. The molecule has 2 aliphatic heterocycles. The predicted octanol–water partition coefficient (Wildman–Crippen LogP) is 1.95. The van der Waals surface area contributed by atoms with Crippen LogP contribution < -0.4 is 0 Å². The molecule has 3 aliphatic rings. The molecule has 1 saturated carbocycles. The van der Waals surface area contributed by atoms with Gasteiger partial charge in [0, 0.05) is 13.7 Å². The van der Waals surface area contributed by atoms with Crippen LogP contribution >= 0.6 is 0 Å². The van der Waals surface area contributed by atoms with E-state index in [-0.39, 0.29) is 19.0 Å². The molecule has 3 fully saturated rings. The van der Waals surface area contributed by atoms with Gasteiger partial charge in [-0.15, -0.1) is 0 Å². The van der Waals surface area contributed by atoms with E-state index in [1.807, 2.05) is 13.8 Å². The summed E-state index contributed by atoms with van der Waals surface area (Å²) in [6.45, 7) is 6.57. The van der Waals surface area contributed by atoms with Crippen molar-refractivity contribution in [2.45, 2.75) is 95.0 Å². The van der Waals surface area contributed by atoms with E-state index in [9.17, 15) is 5.11 Å². The average molecular weight is 360 g/mol. The van der Waals surface area contributed by atoms with E-state index in [0.717, 1.165) is 25.7 Å². The summed E-state index contributed by atoms with van der Waals surface area (Å²) < 4.78 is 35.5. The molecule has 0 aromatic heterocycles. The number of rotatable bonds is 7. The fourth-order valence-corrected chi connectivity index (χ4v) is 4.21. The van der Waals surface area contributed by atoms with Gasteiger partial charge in [-0.25, -0.2) is 0 Å². The highest BCUT2D eigenvalue weighted by molar-refractivity contribution is 5.13. The molecule has 146 valence electrons. The van der Waals surface area contributed by atoms with Gasteiger partial charge in [0.05, 0.1) is 12.2 Å². The van der Waals surface area contributed by atoms with E-state index in [1.54, 1.807) is 7.11 Å². The third-order valence-corrected chi connectivity index (χ3v) is 5.30. The molecule has 1 N–H and O–H groups in total. The number of aliphatic hydroxyl groups is 1. The van der Waals surface area contributed by atoms with Gasteiger partial charge in [-0.3, -0.25) is 0 Å². The van der Waals surface area contributed by atoms with E-state index < -0.39 is 29.9 Å². The van der Waals surface area contributed by atoms with Gasteiger partial charge in [0.15, 0.2) is 17.7 Å². The van der Waals surface area contributed by atoms with Crippen LogP contribution in [0.3, 0.4) is 0 Å². The number of methoxy groups -OCH3 is 1. The Kier molecular flexibility index (Phi) is 6.05. The van der Waals surface area contributed by atoms with Crippen LogP contribution in [0.4, 0.5) is 0 Å². The first-order valence-corrected chi connectivity index (χ1v) is 9.38. The summed E-state index contributed by atoms with van der Waals surface area (Å²) >= 11 is 0. The number of aliphatic hydroxyl groups excluding tert-OH is 1. The largest absolute Gasteiger partial charge is 0.390 e. The standard InChI is InChI=1S/C18H32O7/c1-5-6-10-21-15-14-16(24-17(2,3)23-14)25-18(15)12(19)8-7-9-13(18)22-11-20-4/h12-16,19H,5-11H2,1-4H3/t12-,13+,14-,15-,16+,18?/m1/s1. The van der Waals surface area contributed by atoms with Crippen LogP contribution in [-0.2, 0) is 28.4 Å². The maximum absolute atomic E-state index is 10.9. The molecule has 7 heteroatoms. The van der Waals surface area contributed by atoms with Gasteiger partial charge in [-0.05, 0) is 39.5 Å². The van der Waals surface area contributed by atoms with E-state index in [1.165, 1.54) is 0 Å². The second kappa shape index (κ2) is 7.76. The molecule has 25 heavy (non-hydrogen) atoms. The van der Waals surface area contributed by atoms with Crippen molar-refractivity contribution >= 4 is 0 Å². The van der Waals surface area contributed by atoms with Gasteiger partial charge in [-0.2, -0.15) is 0 Å². The van der Waals surface area contributed by atoms with Crippen LogP contribution in [0.25, 0.3) is 0 Å². The quantitative estimate of drug-likeness (QED) is 0.549. The highest BCUT2D eigenvalue weighted by atomic mass is 16.9. The molecule has 6 atom stereocenters. The minimum absolute atomic E-state index is 0.146. The van der Waals surface area contributed by atoms with Gasteiger partial charge in [0.2, 0.25) is 0 Å². The zero-order valence-corrected chi connectivity index (χ0v) is 15.7. The Morgan fingerprint density at radius 3 is 2.64 bits per heavy atom. The van der Waals surface area contributed by atoms with E-state index in [0.29, 0.717) is 13.0 Å². The van der Waals surface area contributed by atoms with Gasteiger partial charge < -0.3 is 33.5 Å². The molecule has 1 aliphatic carbocycles. The number of unbranched alkanes of at least 4 members (excludes halogenated alkanes) is 1. The lowest BCUT2D eigenvalue weighted by molar-refractivity contribution is -0.303. The summed E-state index contributed by atoms with van der Waals surface area (Å²) in [6, 6.07) is 0. The zero-order valence-electron chi connectivity index (χ0n) is 15.7. The summed E-state index contributed by atoms with van der Waals surface area (Å²) in [5.74, 6) is -0.730. The number of fused-ring (bicyclic) bond motifs is 1. The van der Waals surface area contributed by atoms with Crippen LogP contribution in [0.1, 0.15) is 52.9 Å². The molecule has 3 rings (SSSR count). The first kappa shape index (κ1) is 19.5. The summed E-state index contributed by atoms with van der Waals surface area (Å²) in [5.41, 5.74) is -0.990. The average Bonchev–Trinajstić information content (AvgIpc) is 3.00. The Hall–Kier alpha value is -0.280. The molecular formula is C18H32O7. The molecule has 2 saturated heterocycles. The van der Waals surface area contributed by atoms with Gasteiger partial charge in [-0.1, -0.05) is 13.3 Å². The third kappa shape index (κ3) is 3.60. The maximum atomic E-state index is 10.9. The first-order valence-electron chi connectivity index (χ1n) is 9.38. The molecular weight excluding hydrogens is 328 g/mol. The van der Waals surface area contributed by atoms with Crippen LogP contribution in [0, 0.1) is 0 Å². The normalized spacial score (nSPS) is 42.8. The fraction of sp³-hybridized carbons (Fsp3) is 1.00. The molecule has 0 aromatic carbocycles. The lowest BCUT2D eigenvalue weighted by Crippen LogP contribution is -2.64. The molecule has 2 heterocycles. The topological polar surface area (TPSA) is 75.6 Å². The molecule has 0 bridgehead atoms. The Labute approximate surface area is 149 Å². The minimum atomic E-state index is -0.990. The molecule has 0 radical (unpaired) electrons. The molecule has 1 spiro atoms. The van der Waals surface area contributed by atoms with Crippen molar-refractivity contribution in [2.24, 2.45) is 0 Å². The van der Waals surface area contributed by atoms with Crippen molar-refractivity contribution in [3.8, 4) is 0 Å². The van der Waals surface area contributed by atoms with E-state index in [4.69, 9.17) is 28.4 Å². The summed E-state index contributed by atoms with van der Waals surface area (Å²) in [6.07, 6.45) is 1.83. The molecule has 0 aromatic rings. The lowest BCUT2D eigenvalue weighted by Gasteiger charge is -2.47. The van der Waals surface area contributed by atoms with Crippen molar-refractivity contribution in [3.05, 3.63) is 0 Å². The lowest BCUT2D eigenvalue weighted by atomic mass is 9.75. The van der Waals surface area contributed by atoms with Crippen molar-refractivity contribution in [1.82, 2.24) is 0 Å². The molecule has 0 amide bonds. The molecule has 1 unspecified atom stereocenters.